The lowest BCUT2D eigenvalue weighted by Crippen LogP contribution is -2.39. The van der Waals surface area contributed by atoms with Gasteiger partial charge in [-0.25, -0.2) is 9.67 Å². The molecule has 2 heterocycles. The van der Waals surface area contributed by atoms with Gasteiger partial charge in [0.05, 0.1) is 11.9 Å². The van der Waals surface area contributed by atoms with Crippen LogP contribution in [-0.2, 0) is 11.2 Å². The minimum absolute atomic E-state index is 0.283. The smallest absolute Gasteiger partial charge is 0.272 e. The summed E-state index contributed by atoms with van der Waals surface area (Å²) in [5.74, 6) is 0.476. The molecule has 9 heteroatoms. The Labute approximate surface area is 172 Å². The molecule has 3 aromatic rings. The highest BCUT2D eigenvalue weighted by atomic mass is 16.5. The molecule has 2 amide bonds. The van der Waals surface area contributed by atoms with E-state index in [1.807, 2.05) is 18.2 Å². The Balaban J connectivity index is 1.51. The summed E-state index contributed by atoms with van der Waals surface area (Å²) in [6, 6.07) is 8.23. The van der Waals surface area contributed by atoms with E-state index in [1.165, 1.54) is 25.6 Å². The number of carbonyl (C=O) groups is 2. The van der Waals surface area contributed by atoms with Crippen molar-refractivity contribution in [3.63, 3.8) is 0 Å². The van der Waals surface area contributed by atoms with Crippen molar-refractivity contribution in [2.45, 2.75) is 24.8 Å². The Morgan fingerprint density at radius 1 is 1.30 bits per heavy atom. The molecule has 5 rings (SSSR count). The van der Waals surface area contributed by atoms with E-state index in [9.17, 15) is 14.8 Å². The average Bonchev–Trinajstić information content (AvgIpc) is 3.26. The summed E-state index contributed by atoms with van der Waals surface area (Å²) in [6.45, 7) is 0. The van der Waals surface area contributed by atoms with Crippen LogP contribution < -0.4 is 15.4 Å². The van der Waals surface area contributed by atoms with Crippen molar-refractivity contribution < 1.29 is 14.3 Å². The summed E-state index contributed by atoms with van der Waals surface area (Å²) < 4.78 is 2.26. The number of nitrogens with one attached hydrogen (secondary N) is 2. The van der Waals surface area contributed by atoms with Crippen molar-refractivity contribution in [1.82, 2.24) is 25.4 Å². The highest BCUT2D eigenvalue weighted by Crippen LogP contribution is 2.57. The van der Waals surface area contributed by atoms with Gasteiger partial charge in [0, 0.05) is 18.5 Å². The lowest BCUT2D eigenvalue weighted by atomic mass is 10.1. The molecule has 1 aromatic carbocycles. The molecule has 0 radical (unpaired) electrons. The second-order valence-electron chi connectivity index (χ2n) is 7.64. The van der Waals surface area contributed by atoms with Gasteiger partial charge in [0.2, 0.25) is 17.9 Å². The summed E-state index contributed by atoms with van der Waals surface area (Å²) in [4.78, 5) is 29.9. The lowest BCUT2D eigenvalue weighted by molar-refractivity contribution is -0.605. The molecule has 0 spiro atoms. The summed E-state index contributed by atoms with van der Waals surface area (Å²) >= 11 is 0. The fourth-order valence-corrected chi connectivity index (χ4v) is 4.24. The van der Waals surface area contributed by atoms with Crippen LogP contribution >= 0.6 is 0 Å². The number of hydrogen-bond donors (Lipinski definition) is 2. The first kappa shape index (κ1) is 18.3. The summed E-state index contributed by atoms with van der Waals surface area (Å²) in [7, 11) is 1.53. The van der Waals surface area contributed by atoms with E-state index in [4.69, 9.17) is 0 Å². The molecule has 9 nitrogen and oxygen atoms in total. The fourth-order valence-electron chi connectivity index (χ4n) is 4.24. The number of nitrogens with zero attached hydrogens (tertiary/aromatic N) is 4. The minimum Gasteiger partial charge on any atom is -0.619 e. The standard InChI is InChI=1S/C21H20N6O3/c1-22-20(28)17(12-5-3-2-4-6-12)24-21(29)18-15-10-13-9-14(13)19(15)27(25-18)16-11-26(30)8-7-23-16/h2-8,11,13-14,17H,9-10H2,1H3,(H,22,28)(H,24,29). The van der Waals surface area contributed by atoms with Crippen LogP contribution in [0.4, 0.5) is 0 Å². The zero-order valence-electron chi connectivity index (χ0n) is 16.3. The molecule has 1 saturated carbocycles. The van der Waals surface area contributed by atoms with Gasteiger partial charge < -0.3 is 15.8 Å². The van der Waals surface area contributed by atoms with Gasteiger partial charge in [0.25, 0.3) is 5.91 Å². The first-order valence-electron chi connectivity index (χ1n) is 9.81. The Hall–Kier alpha value is -3.75. The van der Waals surface area contributed by atoms with Crippen LogP contribution in [0.2, 0.25) is 0 Å². The van der Waals surface area contributed by atoms with E-state index in [1.54, 1.807) is 16.8 Å². The van der Waals surface area contributed by atoms with E-state index in [0.29, 0.717) is 27.9 Å². The van der Waals surface area contributed by atoms with Crippen molar-refractivity contribution in [2.75, 3.05) is 7.05 Å². The van der Waals surface area contributed by atoms with Crippen molar-refractivity contribution in [2.24, 2.45) is 5.92 Å². The lowest BCUT2D eigenvalue weighted by Gasteiger charge is -2.17. The number of carbonyl (C=O) groups excluding carboxylic acids is 2. The summed E-state index contributed by atoms with van der Waals surface area (Å²) in [5, 5.41) is 21.6. The Morgan fingerprint density at radius 2 is 2.10 bits per heavy atom. The summed E-state index contributed by atoms with van der Waals surface area (Å²) in [6.07, 6.45) is 5.86. The Morgan fingerprint density at radius 3 is 2.83 bits per heavy atom. The predicted molar refractivity (Wildman–Crippen MR) is 106 cm³/mol. The van der Waals surface area contributed by atoms with E-state index in [-0.39, 0.29) is 11.6 Å². The zero-order valence-corrected chi connectivity index (χ0v) is 16.3. The van der Waals surface area contributed by atoms with Crippen LogP contribution in [-0.4, -0.2) is 33.6 Å². The van der Waals surface area contributed by atoms with E-state index in [0.717, 1.165) is 24.1 Å². The Kier molecular flexibility index (Phi) is 4.23. The highest BCUT2D eigenvalue weighted by molar-refractivity contribution is 5.98. The van der Waals surface area contributed by atoms with Gasteiger partial charge in [-0.1, -0.05) is 30.3 Å². The van der Waals surface area contributed by atoms with Gasteiger partial charge in [-0.2, -0.15) is 9.83 Å². The molecule has 2 N–H and O–H groups in total. The largest absolute Gasteiger partial charge is 0.619 e. The third kappa shape index (κ3) is 2.99. The number of aromatic nitrogens is 4. The molecule has 2 aliphatic carbocycles. The maximum absolute atomic E-state index is 13.2. The molecule has 0 saturated heterocycles. The van der Waals surface area contributed by atoms with Crippen molar-refractivity contribution in [3.05, 3.63) is 76.6 Å². The summed E-state index contributed by atoms with van der Waals surface area (Å²) in [5.41, 5.74) is 2.78. The molecule has 1 fully saturated rings. The monoisotopic (exact) mass is 404 g/mol. The number of benzene rings is 1. The van der Waals surface area contributed by atoms with Crippen LogP contribution in [0, 0.1) is 11.1 Å². The number of hydrogen-bond acceptors (Lipinski definition) is 5. The zero-order chi connectivity index (χ0) is 20.8. The van der Waals surface area contributed by atoms with Crippen molar-refractivity contribution in [3.8, 4) is 5.82 Å². The average molecular weight is 404 g/mol. The normalized spacial score (nSPS) is 19.5. The molecular weight excluding hydrogens is 384 g/mol. The maximum Gasteiger partial charge on any atom is 0.272 e. The van der Waals surface area contributed by atoms with Gasteiger partial charge in [-0.15, -0.1) is 0 Å². The molecular formula is C21H20N6O3. The molecule has 2 aromatic heterocycles. The number of amides is 2. The van der Waals surface area contributed by atoms with Gasteiger partial charge in [0.15, 0.2) is 11.9 Å². The number of fused-ring (bicyclic) bond motifs is 3. The second kappa shape index (κ2) is 6.94. The van der Waals surface area contributed by atoms with E-state index >= 15 is 0 Å². The van der Waals surface area contributed by atoms with Crippen LogP contribution in [0.25, 0.3) is 5.82 Å². The number of rotatable bonds is 5. The first-order valence-corrected chi connectivity index (χ1v) is 9.81. The fraction of sp³-hybridized carbons (Fsp3) is 0.286. The molecule has 2 aliphatic rings. The van der Waals surface area contributed by atoms with Gasteiger partial charge in [0.1, 0.15) is 6.04 Å². The SMILES string of the molecule is CNC(=O)C(NC(=O)c1nn(-c2c[n+]([O-])ccn2)c2c1CC1CC21)c1ccccc1. The van der Waals surface area contributed by atoms with Crippen molar-refractivity contribution in [1.29, 1.82) is 0 Å². The number of likely N-dealkylation sites (N-methyl/N-ethyl adjacent to an activating group) is 1. The highest BCUT2D eigenvalue weighted by Gasteiger charge is 2.50. The maximum atomic E-state index is 13.2. The Bertz CT molecular complexity index is 1140. The third-order valence-corrected chi connectivity index (χ3v) is 5.78. The van der Waals surface area contributed by atoms with Gasteiger partial charge in [-0.05, 0) is 24.3 Å². The van der Waals surface area contributed by atoms with Gasteiger partial charge in [-0.3, -0.25) is 9.59 Å². The van der Waals surface area contributed by atoms with Crippen LogP contribution in [0.1, 0.15) is 45.7 Å². The topological polar surface area (TPSA) is 116 Å². The molecule has 0 bridgehead atoms. The molecule has 3 atom stereocenters. The molecule has 152 valence electrons. The van der Waals surface area contributed by atoms with Crippen LogP contribution in [0.5, 0.6) is 0 Å². The van der Waals surface area contributed by atoms with E-state index < -0.39 is 11.9 Å². The van der Waals surface area contributed by atoms with Gasteiger partial charge >= 0.3 is 0 Å². The minimum atomic E-state index is -0.834. The quantitative estimate of drug-likeness (QED) is 0.482. The second-order valence-corrected chi connectivity index (χ2v) is 7.64. The van der Waals surface area contributed by atoms with Crippen LogP contribution in [0.3, 0.4) is 0 Å². The third-order valence-electron chi connectivity index (χ3n) is 5.78. The first-order chi connectivity index (χ1) is 14.6. The molecule has 30 heavy (non-hydrogen) atoms. The molecule has 0 aliphatic heterocycles. The predicted octanol–water partition coefficient (Wildman–Crippen LogP) is 0.777. The van der Waals surface area contributed by atoms with Crippen molar-refractivity contribution >= 4 is 11.8 Å². The van der Waals surface area contributed by atoms with Crippen LogP contribution in [0.15, 0.2) is 48.9 Å². The van der Waals surface area contributed by atoms with E-state index in [2.05, 4.69) is 20.7 Å². The molecule has 3 unspecified atom stereocenters.